The van der Waals surface area contributed by atoms with Crippen molar-refractivity contribution in [2.24, 2.45) is 5.41 Å². The normalized spacial score (nSPS) is 19.9. The minimum atomic E-state index is -3.35. The highest BCUT2D eigenvalue weighted by Crippen LogP contribution is 2.55. The lowest BCUT2D eigenvalue weighted by Crippen LogP contribution is -2.59. The molecule has 0 N–H and O–H groups in total. The molecule has 1 aliphatic carbocycles. The van der Waals surface area contributed by atoms with Gasteiger partial charge in [0.15, 0.2) is 0 Å². The Morgan fingerprint density at radius 1 is 1.00 bits per heavy atom. The molecule has 1 aliphatic rings. The summed E-state index contributed by atoms with van der Waals surface area (Å²) in [6.07, 6.45) is 13.0. The van der Waals surface area contributed by atoms with Crippen LogP contribution in [0.2, 0.25) is 0 Å². The molecule has 0 aliphatic heterocycles. The Morgan fingerprint density at radius 3 is 2.11 bits per heavy atom. The van der Waals surface area contributed by atoms with Crippen molar-refractivity contribution >= 4 is 13.5 Å². The fourth-order valence-electron chi connectivity index (χ4n) is 4.12. The van der Waals surface area contributed by atoms with Crippen molar-refractivity contribution < 1.29 is 22.9 Å². The molecule has 0 saturated heterocycles. The highest BCUT2D eigenvalue weighted by atomic mass is 31.2. The number of hydrogen-bond donors (Lipinski definition) is 0. The van der Waals surface area contributed by atoms with Gasteiger partial charge in [-0.3, -0.25) is 9.05 Å². The van der Waals surface area contributed by atoms with Crippen molar-refractivity contribution in [3.8, 4) is 0 Å². The second-order valence-corrected chi connectivity index (χ2v) is 9.67. The summed E-state index contributed by atoms with van der Waals surface area (Å²) in [4.78, 5) is 14.0. The largest absolute Gasteiger partial charge is 0.332 e. The molecule has 0 aromatic heterocycles. The molecule has 162 valence electrons. The molecule has 0 bridgehead atoms. The van der Waals surface area contributed by atoms with Gasteiger partial charge in [0.25, 0.3) is 0 Å². The van der Waals surface area contributed by atoms with E-state index >= 15 is 0 Å². The first kappa shape index (κ1) is 25.3. The molecular weight excluding hydrogens is 373 g/mol. The SMILES string of the molecule is CCCCCC[N+](CC)(CC)C(=O)C1(CP(=O)(OCC)OCC)C=CC=CC1. The Morgan fingerprint density at radius 2 is 1.64 bits per heavy atom. The molecule has 0 saturated carbocycles. The van der Waals surface area contributed by atoms with E-state index in [0.29, 0.717) is 24.1 Å². The van der Waals surface area contributed by atoms with Gasteiger partial charge < -0.3 is 9.05 Å². The van der Waals surface area contributed by atoms with E-state index in [-0.39, 0.29) is 12.1 Å². The van der Waals surface area contributed by atoms with Gasteiger partial charge in [0.1, 0.15) is 5.41 Å². The van der Waals surface area contributed by atoms with Crippen molar-refractivity contribution in [1.82, 2.24) is 0 Å². The lowest BCUT2D eigenvalue weighted by atomic mass is 9.81. The van der Waals surface area contributed by atoms with E-state index in [0.717, 1.165) is 32.5 Å². The third kappa shape index (κ3) is 6.38. The first-order chi connectivity index (χ1) is 13.4. The first-order valence-electron chi connectivity index (χ1n) is 11.0. The summed E-state index contributed by atoms with van der Waals surface area (Å²) in [6.45, 7) is 12.9. The van der Waals surface area contributed by atoms with Gasteiger partial charge in [0.2, 0.25) is 0 Å². The van der Waals surface area contributed by atoms with E-state index in [1.807, 2.05) is 38.2 Å². The molecule has 1 unspecified atom stereocenters. The lowest BCUT2D eigenvalue weighted by Gasteiger charge is -2.42. The van der Waals surface area contributed by atoms with Gasteiger partial charge in [-0.05, 0) is 47.0 Å². The van der Waals surface area contributed by atoms with Crippen LogP contribution in [0.1, 0.15) is 66.7 Å². The maximum Gasteiger partial charge on any atom is 0.332 e. The van der Waals surface area contributed by atoms with Crippen LogP contribution in [0.25, 0.3) is 0 Å². The van der Waals surface area contributed by atoms with E-state index in [2.05, 4.69) is 20.8 Å². The highest BCUT2D eigenvalue weighted by molar-refractivity contribution is 7.53. The van der Waals surface area contributed by atoms with Crippen molar-refractivity contribution in [1.29, 1.82) is 0 Å². The average Bonchev–Trinajstić information content (AvgIpc) is 2.69. The zero-order chi connectivity index (χ0) is 21.1. The van der Waals surface area contributed by atoms with Crippen LogP contribution >= 0.6 is 7.60 Å². The van der Waals surface area contributed by atoms with Crippen LogP contribution < -0.4 is 0 Å². The smallest absolute Gasteiger partial charge is 0.309 e. The second kappa shape index (κ2) is 12.1. The van der Waals surface area contributed by atoms with E-state index in [1.165, 1.54) is 12.8 Å². The van der Waals surface area contributed by atoms with E-state index < -0.39 is 13.0 Å². The summed E-state index contributed by atoms with van der Waals surface area (Å²) < 4.78 is 24.9. The van der Waals surface area contributed by atoms with Gasteiger partial charge in [-0.1, -0.05) is 44.1 Å². The monoisotopic (exact) mass is 414 g/mol. The summed E-state index contributed by atoms with van der Waals surface area (Å²) in [5.74, 6) is 0.147. The quantitative estimate of drug-likeness (QED) is 0.207. The zero-order valence-electron chi connectivity index (χ0n) is 18.6. The molecule has 0 spiro atoms. The summed E-state index contributed by atoms with van der Waals surface area (Å²) in [5.41, 5.74) is -0.842. The number of rotatable bonds is 14. The zero-order valence-corrected chi connectivity index (χ0v) is 19.5. The van der Waals surface area contributed by atoms with Crippen LogP contribution in [0.4, 0.5) is 0 Å². The Kier molecular flexibility index (Phi) is 10.9. The summed E-state index contributed by atoms with van der Waals surface area (Å²) in [6, 6.07) is 0. The minimum Gasteiger partial charge on any atom is -0.309 e. The van der Waals surface area contributed by atoms with Gasteiger partial charge in [0.05, 0.1) is 39.0 Å². The fourth-order valence-corrected chi connectivity index (χ4v) is 6.22. The van der Waals surface area contributed by atoms with Crippen molar-refractivity contribution in [3.05, 3.63) is 24.3 Å². The fraction of sp³-hybridized carbons (Fsp3) is 0.773. The van der Waals surface area contributed by atoms with Crippen LogP contribution in [-0.2, 0) is 18.4 Å². The third-order valence-electron chi connectivity index (χ3n) is 5.78. The highest BCUT2D eigenvalue weighted by Gasteiger charge is 2.52. The topological polar surface area (TPSA) is 52.6 Å². The number of nitrogens with zero attached hydrogens (tertiary/aromatic N) is 1. The Labute approximate surface area is 172 Å². The molecule has 1 atom stereocenters. The molecule has 0 radical (unpaired) electrons. The number of quaternary nitrogens is 1. The number of hydrogen-bond acceptors (Lipinski definition) is 4. The standard InChI is InChI=1S/C22H41NO4P/c1-6-11-12-16-19-23(7-2,8-3)21(24)22(17-14-13-15-18-22)20-28(25,26-9-4)27-10-5/h13-15,17H,6-12,16,18-20H2,1-5H3/q+1. The van der Waals surface area contributed by atoms with Crippen molar-refractivity contribution in [3.63, 3.8) is 0 Å². The molecule has 5 nitrogen and oxygen atoms in total. The lowest BCUT2D eigenvalue weighted by molar-refractivity contribution is -0.854. The third-order valence-corrected chi connectivity index (χ3v) is 8.03. The molecule has 0 fully saturated rings. The van der Waals surface area contributed by atoms with Crippen LogP contribution in [0.5, 0.6) is 0 Å². The minimum absolute atomic E-state index is 0.107. The predicted molar refractivity (Wildman–Crippen MR) is 116 cm³/mol. The summed E-state index contributed by atoms with van der Waals surface area (Å²) in [7, 11) is -3.35. The maximum absolute atomic E-state index is 14.0. The number of unbranched alkanes of at least 4 members (excludes halogenated alkanes) is 3. The van der Waals surface area contributed by atoms with Crippen LogP contribution in [0, 0.1) is 5.41 Å². The van der Waals surface area contributed by atoms with Crippen LogP contribution in [-0.4, -0.2) is 49.4 Å². The summed E-state index contributed by atoms with van der Waals surface area (Å²) >= 11 is 0. The average molecular weight is 415 g/mol. The van der Waals surface area contributed by atoms with E-state index in [1.54, 1.807) is 0 Å². The molecule has 0 aromatic carbocycles. The number of allylic oxidation sites excluding steroid dienone is 3. The molecule has 28 heavy (non-hydrogen) atoms. The molecule has 0 aromatic rings. The van der Waals surface area contributed by atoms with Crippen LogP contribution in [0.15, 0.2) is 24.3 Å². The maximum atomic E-state index is 14.0. The van der Waals surface area contributed by atoms with Gasteiger partial charge in [0, 0.05) is 0 Å². The second-order valence-electron chi connectivity index (χ2n) is 7.62. The molecule has 1 amide bonds. The van der Waals surface area contributed by atoms with Gasteiger partial charge in [-0.15, -0.1) is 0 Å². The molecule has 1 rings (SSSR count). The molecular formula is C22H41NO4P+. The number of amides is 1. The van der Waals surface area contributed by atoms with Gasteiger partial charge in [-0.2, -0.15) is 0 Å². The predicted octanol–water partition coefficient (Wildman–Crippen LogP) is 5.72. The molecule has 6 heteroatoms. The summed E-state index contributed by atoms with van der Waals surface area (Å²) in [5, 5.41) is 0. The van der Waals surface area contributed by atoms with E-state index in [9.17, 15) is 9.36 Å². The van der Waals surface area contributed by atoms with Gasteiger partial charge >= 0.3 is 13.5 Å². The van der Waals surface area contributed by atoms with Crippen LogP contribution in [0.3, 0.4) is 0 Å². The van der Waals surface area contributed by atoms with Gasteiger partial charge in [-0.25, -0.2) is 4.79 Å². The first-order valence-corrected chi connectivity index (χ1v) is 12.7. The van der Waals surface area contributed by atoms with Crippen molar-refractivity contribution in [2.75, 3.05) is 39.0 Å². The Hall–Kier alpha value is -0.740. The Bertz CT molecular complexity index is 573. The van der Waals surface area contributed by atoms with E-state index in [4.69, 9.17) is 9.05 Å². The Balaban J connectivity index is 3.21. The number of carbonyl (C=O) groups is 1. The number of carbonyl (C=O) groups excluding carboxylic acids is 1. The van der Waals surface area contributed by atoms with Crippen molar-refractivity contribution in [2.45, 2.75) is 66.7 Å². The molecule has 0 heterocycles.